The molecule has 0 fully saturated rings. The fourth-order valence-electron chi connectivity index (χ4n) is 5.34. The summed E-state index contributed by atoms with van der Waals surface area (Å²) in [5, 5.41) is 19.2. The van der Waals surface area contributed by atoms with E-state index in [0.717, 1.165) is 0 Å². The lowest BCUT2D eigenvalue weighted by molar-refractivity contribution is -0.155. The van der Waals surface area contributed by atoms with Crippen molar-refractivity contribution in [3.8, 4) is 0 Å². The molecule has 0 aliphatic carbocycles. The molecule has 0 saturated heterocycles. The predicted molar refractivity (Wildman–Crippen MR) is 127 cm³/mol. The van der Waals surface area contributed by atoms with Crippen LogP contribution in [0.15, 0.2) is 0 Å². The summed E-state index contributed by atoms with van der Waals surface area (Å²) in [5.41, 5.74) is 5.60. The minimum atomic E-state index is -0.888. The fraction of sp³-hybridized carbons (Fsp3) is 0.880. The van der Waals surface area contributed by atoms with Crippen molar-refractivity contribution in [1.29, 1.82) is 0 Å². The van der Waals surface area contributed by atoms with Crippen molar-refractivity contribution in [1.82, 2.24) is 5.48 Å². The molecule has 5 unspecified atom stereocenters. The zero-order chi connectivity index (χ0) is 26.0. The lowest BCUT2D eigenvalue weighted by Gasteiger charge is -2.50. The van der Waals surface area contributed by atoms with E-state index in [1.807, 2.05) is 83.1 Å². The van der Waals surface area contributed by atoms with Gasteiger partial charge < -0.3 is 10.8 Å². The maximum atomic E-state index is 12.8. The number of hydrogen-bond donors (Lipinski definition) is 4. The van der Waals surface area contributed by atoms with Crippen molar-refractivity contribution in [2.75, 3.05) is 0 Å². The van der Waals surface area contributed by atoms with Crippen LogP contribution in [-0.2, 0) is 14.4 Å². The first-order valence-electron chi connectivity index (χ1n) is 11.5. The minimum absolute atomic E-state index is 0.247. The van der Waals surface area contributed by atoms with Crippen molar-refractivity contribution >= 4 is 17.8 Å². The van der Waals surface area contributed by atoms with Crippen LogP contribution in [0.25, 0.3) is 0 Å². The SMILES string of the molecule is CC(C(C(N)=O)C(C)(C)C(C)C(C(=O)O)C(C)(C)C)C(C)(C)CC(C(=O)NO)C(C)(C)C. The normalized spacial score (nSPS) is 18.3. The molecule has 0 aliphatic heterocycles. The van der Waals surface area contributed by atoms with Gasteiger partial charge in [0.25, 0.3) is 0 Å². The number of carbonyl (C=O) groups is 3. The Morgan fingerprint density at radius 3 is 1.53 bits per heavy atom. The molecular formula is C25H48N2O5. The lowest BCUT2D eigenvalue weighted by Crippen LogP contribution is -2.52. The van der Waals surface area contributed by atoms with E-state index in [1.165, 1.54) is 0 Å². The standard InChI is InChI=1S/C25H48N2O5/c1-14(24(9,10)13-16(20(29)27-32)22(3,4)5)17(19(26)28)25(11,12)15(2)18(21(30)31)23(6,7)8/h14-18,32H,13H2,1-12H3,(H2,26,28)(H,27,29)(H,30,31). The Morgan fingerprint density at radius 2 is 1.25 bits per heavy atom. The maximum absolute atomic E-state index is 12.8. The van der Waals surface area contributed by atoms with Gasteiger partial charge in [0.2, 0.25) is 11.8 Å². The lowest BCUT2D eigenvalue weighted by atomic mass is 9.54. The smallest absolute Gasteiger partial charge is 0.307 e. The average molecular weight is 457 g/mol. The number of carboxylic acids is 1. The number of amides is 2. The summed E-state index contributed by atoms with van der Waals surface area (Å²) >= 11 is 0. The molecule has 0 rings (SSSR count). The van der Waals surface area contributed by atoms with Crippen LogP contribution in [0, 0.1) is 51.2 Å². The van der Waals surface area contributed by atoms with Crippen LogP contribution >= 0.6 is 0 Å². The summed E-state index contributed by atoms with van der Waals surface area (Å²) in [6.45, 7) is 23.2. The second kappa shape index (κ2) is 10.1. The van der Waals surface area contributed by atoms with E-state index in [4.69, 9.17) is 5.73 Å². The third kappa shape index (κ3) is 6.93. The van der Waals surface area contributed by atoms with Crippen LogP contribution in [-0.4, -0.2) is 28.1 Å². The fourth-order valence-corrected chi connectivity index (χ4v) is 5.34. The van der Waals surface area contributed by atoms with Gasteiger partial charge in [0.05, 0.1) is 5.92 Å². The molecule has 0 saturated carbocycles. The van der Waals surface area contributed by atoms with Crippen LogP contribution in [0.4, 0.5) is 0 Å². The van der Waals surface area contributed by atoms with Gasteiger partial charge >= 0.3 is 5.97 Å². The van der Waals surface area contributed by atoms with Gasteiger partial charge in [-0.15, -0.1) is 0 Å². The molecule has 0 spiro atoms. The molecule has 0 aromatic carbocycles. The molecule has 0 bridgehead atoms. The van der Waals surface area contributed by atoms with Crippen LogP contribution in [0.1, 0.15) is 89.5 Å². The van der Waals surface area contributed by atoms with Gasteiger partial charge in [0.15, 0.2) is 0 Å². The largest absolute Gasteiger partial charge is 0.481 e. The van der Waals surface area contributed by atoms with Gasteiger partial charge in [-0.05, 0) is 39.9 Å². The Labute approximate surface area is 194 Å². The van der Waals surface area contributed by atoms with E-state index in [2.05, 4.69) is 0 Å². The Morgan fingerprint density at radius 1 is 0.812 bits per heavy atom. The molecule has 0 aromatic heterocycles. The van der Waals surface area contributed by atoms with Crippen molar-refractivity contribution in [2.45, 2.75) is 89.5 Å². The second-order valence-electron chi connectivity index (χ2n) is 13.0. The quantitative estimate of drug-likeness (QED) is 0.279. The van der Waals surface area contributed by atoms with E-state index < -0.39 is 57.2 Å². The van der Waals surface area contributed by atoms with Gasteiger partial charge in [-0.2, -0.15) is 0 Å². The van der Waals surface area contributed by atoms with E-state index in [-0.39, 0.29) is 11.8 Å². The Hall–Kier alpha value is -1.63. The van der Waals surface area contributed by atoms with Crippen molar-refractivity contribution in [3.05, 3.63) is 0 Å². The van der Waals surface area contributed by atoms with E-state index in [0.29, 0.717) is 6.42 Å². The van der Waals surface area contributed by atoms with Crippen LogP contribution < -0.4 is 11.2 Å². The third-order valence-electron chi connectivity index (χ3n) is 7.92. The van der Waals surface area contributed by atoms with E-state index in [9.17, 15) is 24.7 Å². The number of nitrogens with two attached hydrogens (primary N) is 1. The van der Waals surface area contributed by atoms with E-state index in [1.54, 1.807) is 5.48 Å². The molecule has 5 N–H and O–H groups in total. The summed E-state index contributed by atoms with van der Waals surface area (Å²) in [5.74, 6) is -4.18. The molecule has 0 aliphatic rings. The molecule has 2 amide bonds. The van der Waals surface area contributed by atoms with Crippen molar-refractivity contribution < 1.29 is 24.7 Å². The minimum Gasteiger partial charge on any atom is -0.481 e. The molecule has 5 atom stereocenters. The zero-order valence-electron chi connectivity index (χ0n) is 22.3. The third-order valence-corrected chi connectivity index (χ3v) is 7.92. The van der Waals surface area contributed by atoms with E-state index >= 15 is 0 Å². The van der Waals surface area contributed by atoms with Crippen LogP contribution in [0.2, 0.25) is 0 Å². The molecule has 32 heavy (non-hydrogen) atoms. The first kappa shape index (κ1) is 30.4. The molecule has 0 radical (unpaired) electrons. The monoisotopic (exact) mass is 456 g/mol. The highest BCUT2D eigenvalue weighted by atomic mass is 16.5. The molecule has 7 heteroatoms. The van der Waals surface area contributed by atoms with Gasteiger partial charge in [-0.25, -0.2) is 5.48 Å². The van der Waals surface area contributed by atoms with Crippen LogP contribution in [0.5, 0.6) is 0 Å². The number of primary amides is 1. The number of hydrogen-bond acceptors (Lipinski definition) is 4. The highest BCUT2D eigenvalue weighted by molar-refractivity contribution is 5.79. The topological polar surface area (TPSA) is 130 Å². The summed E-state index contributed by atoms with van der Waals surface area (Å²) in [6, 6.07) is 0. The highest BCUT2D eigenvalue weighted by Gasteiger charge is 2.52. The van der Waals surface area contributed by atoms with Gasteiger partial charge in [0, 0.05) is 11.8 Å². The summed E-state index contributed by atoms with van der Waals surface area (Å²) in [7, 11) is 0. The summed E-state index contributed by atoms with van der Waals surface area (Å²) in [4.78, 5) is 37.4. The molecule has 0 heterocycles. The summed E-state index contributed by atoms with van der Waals surface area (Å²) in [6.07, 6.45) is 0.430. The average Bonchev–Trinajstić information content (AvgIpc) is 2.55. The molecule has 7 nitrogen and oxygen atoms in total. The second-order valence-corrected chi connectivity index (χ2v) is 13.0. The first-order valence-corrected chi connectivity index (χ1v) is 11.5. The van der Waals surface area contributed by atoms with Gasteiger partial charge in [-0.3, -0.25) is 19.6 Å². The zero-order valence-corrected chi connectivity index (χ0v) is 22.3. The molecule has 0 aromatic rings. The molecular weight excluding hydrogens is 408 g/mol. The van der Waals surface area contributed by atoms with Crippen molar-refractivity contribution in [2.24, 2.45) is 57.0 Å². The predicted octanol–water partition coefficient (Wildman–Crippen LogP) is 4.72. The number of hydroxylamine groups is 1. The summed E-state index contributed by atoms with van der Waals surface area (Å²) < 4.78 is 0. The Kier molecular flexibility index (Phi) is 9.59. The number of carbonyl (C=O) groups excluding carboxylic acids is 2. The maximum Gasteiger partial charge on any atom is 0.307 e. The number of carboxylic acid groups (broad SMARTS) is 1. The first-order chi connectivity index (χ1) is 14.0. The van der Waals surface area contributed by atoms with Crippen molar-refractivity contribution in [3.63, 3.8) is 0 Å². The molecule has 188 valence electrons. The number of aliphatic carboxylic acids is 1. The Balaban J connectivity index is 6.32. The van der Waals surface area contributed by atoms with Gasteiger partial charge in [-0.1, -0.05) is 83.1 Å². The van der Waals surface area contributed by atoms with Crippen LogP contribution in [0.3, 0.4) is 0 Å². The number of nitrogens with one attached hydrogen (secondary N) is 1. The van der Waals surface area contributed by atoms with Gasteiger partial charge in [0.1, 0.15) is 0 Å². The Bertz CT molecular complexity index is 685. The number of rotatable bonds is 10. The highest BCUT2D eigenvalue weighted by Crippen LogP contribution is 2.52.